The van der Waals surface area contributed by atoms with Crippen molar-refractivity contribution in [1.82, 2.24) is 5.32 Å². The summed E-state index contributed by atoms with van der Waals surface area (Å²) in [6.07, 6.45) is 0. The molecule has 0 aliphatic rings. The van der Waals surface area contributed by atoms with Crippen molar-refractivity contribution in [2.45, 2.75) is 25.6 Å². The van der Waals surface area contributed by atoms with Crippen LogP contribution in [0.4, 0.5) is 0 Å². The van der Waals surface area contributed by atoms with E-state index in [0.29, 0.717) is 5.56 Å². The van der Waals surface area contributed by atoms with Gasteiger partial charge in [0.25, 0.3) is 0 Å². The molecule has 1 N–H and O–H groups in total. The maximum absolute atomic E-state index is 12.1. The minimum absolute atomic E-state index is 0.209. The molecule has 1 aromatic carbocycles. The highest BCUT2D eigenvalue weighted by molar-refractivity contribution is 9.10. The SMILES string of the molecule is COC(=O)[C@@H](NC(=O)CS(=O)(=O)Cc1cccc(Br)c1)C(C)C. The molecule has 1 aromatic rings. The summed E-state index contributed by atoms with van der Waals surface area (Å²) in [7, 11) is -2.42. The molecule has 0 saturated carbocycles. The Morgan fingerprint density at radius 3 is 2.48 bits per heavy atom. The summed E-state index contributed by atoms with van der Waals surface area (Å²) < 4.78 is 29.6. The van der Waals surface area contributed by atoms with Crippen LogP contribution >= 0.6 is 15.9 Å². The number of hydrogen-bond acceptors (Lipinski definition) is 5. The number of sulfone groups is 1. The van der Waals surface area contributed by atoms with Gasteiger partial charge < -0.3 is 10.1 Å². The van der Waals surface area contributed by atoms with Gasteiger partial charge in [-0.15, -0.1) is 0 Å². The van der Waals surface area contributed by atoms with E-state index in [2.05, 4.69) is 26.0 Å². The van der Waals surface area contributed by atoms with E-state index in [1.807, 2.05) is 0 Å². The number of ether oxygens (including phenoxy) is 1. The second kappa shape index (κ2) is 8.44. The Labute approximate surface area is 144 Å². The van der Waals surface area contributed by atoms with Crippen LogP contribution in [0.2, 0.25) is 0 Å². The Morgan fingerprint density at radius 2 is 1.96 bits per heavy atom. The summed E-state index contributed by atoms with van der Waals surface area (Å²) in [6, 6.07) is 5.99. The summed E-state index contributed by atoms with van der Waals surface area (Å²) in [5.41, 5.74) is 0.584. The van der Waals surface area contributed by atoms with E-state index >= 15 is 0 Å². The molecule has 128 valence electrons. The lowest BCUT2D eigenvalue weighted by molar-refractivity contribution is -0.146. The van der Waals surface area contributed by atoms with Gasteiger partial charge in [0, 0.05) is 4.47 Å². The third kappa shape index (κ3) is 6.70. The molecule has 1 rings (SSSR count). The van der Waals surface area contributed by atoms with Crippen molar-refractivity contribution in [2.24, 2.45) is 5.92 Å². The van der Waals surface area contributed by atoms with Gasteiger partial charge in [-0.05, 0) is 23.6 Å². The Bertz CT molecular complexity index is 672. The average molecular weight is 406 g/mol. The smallest absolute Gasteiger partial charge is 0.328 e. The molecule has 0 radical (unpaired) electrons. The first-order valence-electron chi connectivity index (χ1n) is 6.96. The van der Waals surface area contributed by atoms with Gasteiger partial charge in [-0.3, -0.25) is 4.79 Å². The molecule has 0 unspecified atom stereocenters. The van der Waals surface area contributed by atoms with Gasteiger partial charge in [0.2, 0.25) is 5.91 Å². The Hall–Kier alpha value is -1.41. The molecule has 0 aromatic heterocycles. The predicted molar refractivity (Wildman–Crippen MR) is 90.4 cm³/mol. The maximum Gasteiger partial charge on any atom is 0.328 e. The van der Waals surface area contributed by atoms with Crippen molar-refractivity contribution in [1.29, 1.82) is 0 Å². The molecule has 0 saturated heterocycles. The van der Waals surface area contributed by atoms with Crippen molar-refractivity contribution in [3.63, 3.8) is 0 Å². The lowest BCUT2D eigenvalue weighted by Crippen LogP contribution is -2.47. The van der Waals surface area contributed by atoms with Crippen LogP contribution in [0.3, 0.4) is 0 Å². The topological polar surface area (TPSA) is 89.5 Å². The number of halogens is 1. The molecule has 1 amide bonds. The number of amides is 1. The van der Waals surface area contributed by atoms with E-state index in [1.165, 1.54) is 7.11 Å². The number of hydrogen-bond donors (Lipinski definition) is 1. The van der Waals surface area contributed by atoms with Crippen LogP contribution in [0.15, 0.2) is 28.7 Å². The van der Waals surface area contributed by atoms with Gasteiger partial charge in [0.15, 0.2) is 9.84 Å². The van der Waals surface area contributed by atoms with Gasteiger partial charge in [0.1, 0.15) is 11.8 Å². The molecule has 0 spiro atoms. The highest BCUT2D eigenvalue weighted by atomic mass is 79.9. The number of rotatable bonds is 7. The van der Waals surface area contributed by atoms with E-state index in [-0.39, 0.29) is 11.7 Å². The number of nitrogens with one attached hydrogen (secondary N) is 1. The summed E-state index contributed by atoms with van der Waals surface area (Å²) in [4.78, 5) is 23.5. The van der Waals surface area contributed by atoms with E-state index in [4.69, 9.17) is 0 Å². The minimum atomic E-state index is -3.64. The Morgan fingerprint density at radius 1 is 1.30 bits per heavy atom. The number of esters is 1. The fourth-order valence-electron chi connectivity index (χ4n) is 1.97. The van der Waals surface area contributed by atoms with Gasteiger partial charge in [-0.25, -0.2) is 13.2 Å². The monoisotopic (exact) mass is 405 g/mol. The molecule has 1 atom stereocenters. The Balaban J connectivity index is 2.73. The molecule has 23 heavy (non-hydrogen) atoms. The molecule has 6 nitrogen and oxygen atoms in total. The third-order valence-electron chi connectivity index (χ3n) is 3.06. The number of benzene rings is 1. The maximum atomic E-state index is 12.1. The largest absolute Gasteiger partial charge is 0.467 e. The van der Waals surface area contributed by atoms with E-state index in [9.17, 15) is 18.0 Å². The van der Waals surface area contributed by atoms with Crippen LogP contribution in [0.25, 0.3) is 0 Å². The summed E-state index contributed by atoms with van der Waals surface area (Å²) >= 11 is 3.27. The van der Waals surface area contributed by atoms with Crippen LogP contribution in [0.5, 0.6) is 0 Å². The van der Waals surface area contributed by atoms with Crippen molar-refractivity contribution < 1.29 is 22.7 Å². The molecule has 0 bridgehead atoms. The highest BCUT2D eigenvalue weighted by Crippen LogP contribution is 2.14. The van der Waals surface area contributed by atoms with Gasteiger partial charge in [0.05, 0.1) is 12.9 Å². The second-order valence-corrected chi connectivity index (χ2v) is 8.45. The molecule has 0 aliphatic heterocycles. The molecule has 8 heteroatoms. The number of methoxy groups -OCH3 is 1. The van der Waals surface area contributed by atoms with Crippen LogP contribution in [-0.4, -0.2) is 39.2 Å². The van der Waals surface area contributed by atoms with E-state index in [0.717, 1.165) is 4.47 Å². The molecule has 0 aliphatic carbocycles. The van der Waals surface area contributed by atoms with Gasteiger partial charge in [-0.1, -0.05) is 41.9 Å². The van der Waals surface area contributed by atoms with Crippen molar-refractivity contribution >= 4 is 37.6 Å². The third-order valence-corrected chi connectivity index (χ3v) is 5.03. The number of carbonyl (C=O) groups excluding carboxylic acids is 2. The standard InChI is InChI=1S/C15H20BrNO5S/c1-10(2)14(15(19)22-3)17-13(18)9-23(20,21)8-11-5-4-6-12(16)7-11/h4-7,10,14H,8-9H2,1-3H3,(H,17,18)/t14-/m0/s1. The van der Waals surface area contributed by atoms with E-state index in [1.54, 1.807) is 38.1 Å². The van der Waals surface area contributed by atoms with Crippen LogP contribution in [0.1, 0.15) is 19.4 Å². The molecular formula is C15H20BrNO5S. The van der Waals surface area contributed by atoms with Crippen LogP contribution in [-0.2, 0) is 29.9 Å². The van der Waals surface area contributed by atoms with Crippen LogP contribution in [0, 0.1) is 5.92 Å². The Kier molecular flexibility index (Phi) is 7.21. The lowest BCUT2D eigenvalue weighted by Gasteiger charge is -2.19. The zero-order valence-corrected chi connectivity index (χ0v) is 15.6. The lowest BCUT2D eigenvalue weighted by atomic mass is 10.1. The van der Waals surface area contributed by atoms with Crippen molar-refractivity contribution in [2.75, 3.05) is 12.9 Å². The van der Waals surface area contributed by atoms with Crippen molar-refractivity contribution in [3.05, 3.63) is 34.3 Å². The second-order valence-electron chi connectivity index (χ2n) is 5.47. The highest BCUT2D eigenvalue weighted by Gasteiger charge is 2.27. The van der Waals surface area contributed by atoms with E-state index < -0.39 is 33.5 Å². The fraction of sp³-hybridized carbons (Fsp3) is 0.467. The normalized spacial score (nSPS) is 12.7. The van der Waals surface area contributed by atoms with Gasteiger partial charge in [-0.2, -0.15) is 0 Å². The minimum Gasteiger partial charge on any atom is -0.467 e. The fourth-order valence-corrected chi connectivity index (χ4v) is 3.69. The summed E-state index contributed by atoms with van der Waals surface area (Å²) in [5, 5.41) is 2.42. The molecule has 0 heterocycles. The van der Waals surface area contributed by atoms with Crippen LogP contribution < -0.4 is 5.32 Å². The van der Waals surface area contributed by atoms with Crippen molar-refractivity contribution in [3.8, 4) is 0 Å². The quantitative estimate of drug-likeness (QED) is 0.696. The zero-order valence-electron chi connectivity index (χ0n) is 13.2. The number of carbonyl (C=O) groups is 2. The summed E-state index contributed by atoms with van der Waals surface area (Å²) in [5.74, 6) is -2.45. The first-order valence-corrected chi connectivity index (χ1v) is 9.58. The molecule has 0 fully saturated rings. The average Bonchev–Trinajstić information content (AvgIpc) is 2.42. The first-order chi connectivity index (χ1) is 10.6. The van der Waals surface area contributed by atoms with Gasteiger partial charge >= 0.3 is 5.97 Å². The zero-order chi connectivity index (χ0) is 17.6. The predicted octanol–water partition coefficient (Wildman–Crippen LogP) is 1.68. The summed E-state index contributed by atoms with van der Waals surface area (Å²) in [6.45, 7) is 3.47. The molecular weight excluding hydrogens is 386 g/mol. The first kappa shape index (κ1) is 19.6.